The van der Waals surface area contributed by atoms with E-state index < -0.39 is 28.9 Å². The summed E-state index contributed by atoms with van der Waals surface area (Å²) >= 11 is 1.43. The molecule has 0 saturated carbocycles. The molecule has 2 aliphatic heterocycles. The molecule has 1 saturated heterocycles. The number of thioether (sulfide) groups is 1. The molecule has 2 aromatic carbocycles. The molecule has 1 fully saturated rings. The summed E-state index contributed by atoms with van der Waals surface area (Å²) in [5.41, 5.74) is -0.881. The van der Waals surface area contributed by atoms with Crippen molar-refractivity contribution < 1.29 is 27.8 Å². The highest BCUT2D eigenvalue weighted by Crippen LogP contribution is 2.48. The standard InChI is InChI=1S/C34H32F2N4O4S/c1-5-13-43-30-18-37-28(17-38-30)27(36)15-22-11-12-26(35)25(14-22)34-21-40(32(42)44-33(2,3)4)19-24(34)20-45-31(39-34)16-29(41)23-9-7-6-8-10-23/h1,6-12,14-15,17-18,24H,13,16,19-21H2,2-4H3/b27-15-/t24-,34-/m0/s1. The monoisotopic (exact) mass is 630 g/mol. The fourth-order valence-electron chi connectivity index (χ4n) is 5.27. The fourth-order valence-corrected chi connectivity index (χ4v) is 6.51. The van der Waals surface area contributed by atoms with Gasteiger partial charge in [0.05, 0.1) is 30.4 Å². The van der Waals surface area contributed by atoms with E-state index in [1.165, 1.54) is 53.3 Å². The van der Waals surface area contributed by atoms with Gasteiger partial charge in [0.15, 0.2) is 18.2 Å². The quantitative estimate of drug-likeness (QED) is 0.205. The van der Waals surface area contributed by atoms with Crippen LogP contribution in [0.1, 0.15) is 54.4 Å². The molecule has 3 heterocycles. The summed E-state index contributed by atoms with van der Waals surface area (Å²) in [6.45, 7) is 5.64. The molecule has 45 heavy (non-hydrogen) atoms. The minimum Gasteiger partial charge on any atom is -0.463 e. The molecule has 0 aliphatic carbocycles. The van der Waals surface area contributed by atoms with Crippen LogP contribution >= 0.6 is 11.8 Å². The molecular weight excluding hydrogens is 598 g/mol. The lowest BCUT2D eigenvalue weighted by atomic mass is 9.80. The zero-order valence-corrected chi connectivity index (χ0v) is 25.9. The zero-order chi connectivity index (χ0) is 32.2. The Hall–Kier alpha value is -4.56. The summed E-state index contributed by atoms with van der Waals surface area (Å²) in [6, 6.07) is 13.1. The second kappa shape index (κ2) is 13.2. The number of amides is 1. The number of rotatable bonds is 8. The van der Waals surface area contributed by atoms with Crippen molar-refractivity contribution in [3.63, 3.8) is 0 Å². The van der Waals surface area contributed by atoms with Gasteiger partial charge in [-0.15, -0.1) is 18.2 Å². The fraction of sp³-hybridized carbons (Fsp3) is 0.324. The number of ketones is 1. The lowest BCUT2D eigenvalue weighted by Gasteiger charge is -2.36. The number of ether oxygens (including phenoxy) is 2. The highest BCUT2D eigenvalue weighted by atomic mass is 32.2. The number of likely N-dealkylation sites (tertiary alicyclic amines) is 1. The molecule has 2 aliphatic rings. The Kier molecular flexibility index (Phi) is 9.34. The molecule has 5 rings (SSSR count). The van der Waals surface area contributed by atoms with E-state index in [1.807, 2.05) is 6.07 Å². The SMILES string of the molecule is C#CCOc1cnc(/C(F)=C/c2ccc(F)c([C@]34CN(C(=O)OC(C)(C)C)C[C@H]3CSC(CC(=O)c3ccccc3)=N4)c2)cn1. The molecule has 232 valence electrons. The zero-order valence-electron chi connectivity index (χ0n) is 25.1. The average Bonchev–Trinajstić information content (AvgIpc) is 3.41. The van der Waals surface area contributed by atoms with Gasteiger partial charge >= 0.3 is 6.09 Å². The van der Waals surface area contributed by atoms with Crippen molar-refractivity contribution >= 4 is 40.6 Å². The molecule has 3 aromatic rings. The van der Waals surface area contributed by atoms with Crippen molar-refractivity contribution in [2.75, 3.05) is 25.4 Å². The summed E-state index contributed by atoms with van der Waals surface area (Å²) < 4.78 is 41.9. The lowest BCUT2D eigenvalue weighted by Crippen LogP contribution is -2.40. The first-order chi connectivity index (χ1) is 21.5. The molecule has 0 radical (unpaired) electrons. The van der Waals surface area contributed by atoms with Gasteiger partial charge in [0, 0.05) is 29.3 Å². The number of carbonyl (C=O) groups excluding carboxylic acids is 2. The lowest BCUT2D eigenvalue weighted by molar-refractivity contribution is 0.0281. The van der Waals surface area contributed by atoms with E-state index in [0.717, 1.165) is 0 Å². The van der Waals surface area contributed by atoms with Crippen molar-refractivity contribution in [3.05, 3.63) is 89.1 Å². The Bertz CT molecular complexity index is 1680. The van der Waals surface area contributed by atoms with Gasteiger partial charge in [0.2, 0.25) is 5.88 Å². The van der Waals surface area contributed by atoms with Crippen molar-refractivity contribution in [2.24, 2.45) is 10.9 Å². The Labute approximate surface area is 265 Å². The van der Waals surface area contributed by atoms with Crippen LogP contribution in [0, 0.1) is 24.1 Å². The van der Waals surface area contributed by atoms with E-state index in [0.29, 0.717) is 21.9 Å². The second-order valence-corrected chi connectivity index (χ2v) is 12.8. The molecule has 0 N–H and O–H groups in total. The second-order valence-electron chi connectivity index (χ2n) is 11.7. The van der Waals surface area contributed by atoms with Crippen LogP contribution in [0.15, 0.2) is 65.9 Å². The summed E-state index contributed by atoms with van der Waals surface area (Å²) in [5, 5.41) is 0.542. The highest BCUT2D eigenvalue weighted by molar-refractivity contribution is 8.14. The largest absolute Gasteiger partial charge is 0.463 e. The number of nitrogens with zero attached hydrogens (tertiary/aromatic N) is 4. The minimum absolute atomic E-state index is 0.00191. The summed E-state index contributed by atoms with van der Waals surface area (Å²) in [7, 11) is 0. The third kappa shape index (κ3) is 7.40. The first-order valence-electron chi connectivity index (χ1n) is 14.3. The van der Waals surface area contributed by atoms with E-state index in [9.17, 15) is 9.59 Å². The molecule has 1 aromatic heterocycles. The first-order valence-corrected chi connectivity index (χ1v) is 15.3. The summed E-state index contributed by atoms with van der Waals surface area (Å²) in [6.07, 6.45) is 8.38. The Morgan fingerprint density at radius 2 is 1.96 bits per heavy atom. The third-order valence-electron chi connectivity index (χ3n) is 7.31. The van der Waals surface area contributed by atoms with Crippen molar-refractivity contribution in [1.82, 2.24) is 14.9 Å². The number of fused-ring (bicyclic) bond motifs is 1. The van der Waals surface area contributed by atoms with Crippen LogP contribution in [-0.2, 0) is 10.3 Å². The van der Waals surface area contributed by atoms with Crippen LogP contribution in [-0.4, -0.2) is 62.8 Å². The molecule has 0 unspecified atom stereocenters. The number of aromatic nitrogens is 2. The molecule has 0 bridgehead atoms. The predicted octanol–water partition coefficient (Wildman–Crippen LogP) is 6.58. The summed E-state index contributed by atoms with van der Waals surface area (Å²) in [4.78, 5) is 40.9. The molecule has 11 heteroatoms. The van der Waals surface area contributed by atoms with Gasteiger partial charge in [-0.05, 0) is 44.5 Å². The third-order valence-corrected chi connectivity index (χ3v) is 8.45. The topological polar surface area (TPSA) is 94.0 Å². The smallest absolute Gasteiger partial charge is 0.410 e. The molecule has 0 spiro atoms. The molecule has 8 nitrogen and oxygen atoms in total. The number of Topliss-reactive ketones (excluding diaryl/α,β-unsaturated/α-hetero) is 1. The maximum atomic E-state index is 15.8. The first kappa shape index (κ1) is 31.9. The summed E-state index contributed by atoms with van der Waals surface area (Å²) in [5.74, 6) is 1.31. The van der Waals surface area contributed by atoms with E-state index in [1.54, 1.807) is 45.0 Å². The number of halogens is 2. The minimum atomic E-state index is -1.21. The van der Waals surface area contributed by atoms with Gasteiger partial charge in [-0.1, -0.05) is 42.3 Å². The predicted molar refractivity (Wildman–Crippen MR) is 170 cm³/mol. The van der Waals surface area contributed by atoms with Gasteiger partial charge in [-0.25, -0.2) is 23.5 Å². The van der Waals surface area contributed by atoms with Crippen molar-refractivity contribution in [1.29, 1.82) is 0 Å². The van der Waals surface area contributed by atoms with Gasteiger partial charge in [0.1, 0.15) is 22.7 Å². The van der Waals surface area contributed by atoms with Crippen LogP contribution in [0.5, 0.6) is 5.88 Å². The molecule has 2 atom stereocenters. The Balaban J connectivity index is 1.51. The number of benzene rings is 2. The van der Waals surface area contributed by atoms with E-state index >= 15 is 8.78 Å². The van der Waals surface area contributed by atoms with E-state index in [4.69, 9.17) is 20.9 Å². The van der Waals surface area contributed by atoms with Gasteiger partial charge in [0.25, 0.3) is 0 Å². The van der Waals surface area contributed by atoms with Crippen LogP contribution < -0.4 is 4.74 Å². The Morgan fingerprint density at radius 1 is 1.18 bits per heavy atom. The van der Waals surface area contributed by atoms with Crippen molar-refractivity contribution in [2.45, 2.75) is 38.3 Å². The van der Waals surface area contributed by atoms with Crippen LogP contribution in [0.2, 0.25) is 0 Å². The van der Waals surface area contributed by atoms with Gasteiger partial charge in [-0.3, -0.25) is 9.79 Å². The number of hydrogen-bond donors (Lipinski definition) is 0. The van der Waals surface area contributed by atoms with E-state index in [-0.39, 0.29) is 55.0 Å². The molecular formula is C34H32F2N4O4S. The number of terminal acetylenes is 1. The van der Waals surface area contributed by atoms with Crippen LogP contribution in [0.3, 0.4) is 0 Å². The van der Waals surface area contributed by atoms with E-state index in [2.05, 4.69) is 15.9 Å². The maximum absolute atomic E-state index is 15.8. The number of hydrogen-bond acceptors (Lipinski definition) is 8. The maximum Gasteiger partial charge on any atom is 0.410 e. The average molecular weight is 631 g/mol. The van der Waals surface area contributed by atoms with Crippen molar-refractivity contribution in [3.8, 4) is 18.2 Å². The van der Waals surface area contributed by atoms with Crippen LogP contribution in [0.25, 0.3) is 11.9 Å². The van der Waals surface area contributed by atoms with Crippen LogP contribution in [0.4, 0.5) is 13.6 Å². The number of aliphatic imine (C=N–C) groups is 1. The number of carbonyl (C=O) groups is 2. The normalized spacial score (nSPS) is 19.7. The Morgan fingerprint density at radius 3 is 2.64 bits per heavy atom. The highest BCUT2D eigenvalue weighted by Gasteiger charge is 2.53. The molecule has 1 amide bonds. The van der Waals surface area contributed by atoms with Gasteiger partial charge in [-0.2, -0.15) is 0 Å². The van der Waals surface area contributed by atoms with Gasteiger partial charge < -0.3 is 14.4 Å².